The van der Waals surface area contributed by atoms with E-state index >= 15 is 0 Å². The van der Waals surface area contributed by atoms with Gasteiger partial charge >= 0.3 is 0 Å². The number of benzene rings is 2. The fourth-order valence-corrected chi connectivity index (χ4v) is 5.27. The van der Waals surface area contributed by atoms with Crippen LogP contribution >= 0.6 is 12.2 Å². The summed E-state index contributed by atoms with van der Waals surface area (Å²) in [6.45, 7) is 11.5. The first-order chi connectivity index (χ1) is 15.5. The summed E-state index contributed by atoms with van der Waals surface area (Å²) in [5, 5.41) is 10.2. The zero-order valence-electron chi connectivity index (χ0n) is 20.6. The van der Waals surface area contributed by atoms with Crippen molar-refractivity contribution in [2.24, 2.45) is 0 Å². The van der Waals surface area contributed by atoms with E-state index < -0.39 is 0 Å². The second-order valence-corrected chi connectivity index (χ2v) is 10.8. The minimum Gasteiger partial charge on any atom is -0.496 e. The van der Waals surface area contributed by atoms with Gasteiger partial charge in [0.15, 0.2) is 4.77 Å². The first kappa shape index (κ1) is 23.4. The average Bonchev–Trinajstić information content (AvgIpc) is 3.07. The first-order valence-electron chi connectivity index (χ1n) is 11.4. The van der Waals surface area contributed by atoms with Gasteiger partial charge in [0.1, 0.15) is 11.5 Å². The summed E-state index contributed by atoms with van der Waals surface area (Å²) < 4.78 is 11.9. The summed E-state index contributed by atoms with van der Waals surface area (Å²) in [6, 6.07) is 8.76. The molecule has 0 atom stereocenters. The summed E-state index contributed by atoms with van der Waals surface area (Å²) in [5.74, 6) is 1.51. The highest BCUT2D eigenvalue weighted by Crippen LogP contribution is 2.49. The minimum atomic E-state index is 0.0494. The number of aryl methyl sites for hydroxylation is 1. The second kappa shape index (κ2) is 8.24. The van der Waals surface area contributed by atoms with E-state index in [1.54, 1.807) is 14.2 Å². The Morgan fingerprint density at radius 1 is 0.879 bits per heavy atom. The number of H-pyrrole nitrogens is 2. The lowest BCUT2D eigenvalue weighted by molar-refractivity contribution is 0.332. The van der Waals surface area contributed by atoms with Crippen LogP contribution in [0.2, 0.25) is 0 Å². The standard InChI is InChI=1S/C27H34N2O3S/c1-15-10-19-20(27(4,5)9-8-26(19,2)3)13-17(15)18-11-16(22(31-6)14-23(18)32-7)12-21-24(30)29-25(33)28-21/h10-11,13-14,30H,8-9,12H2,1-7H3,(H2,28,29,33). The summed E-state index contributed by atoms with van der Waals surface area (Å²) in [6.07, 6.45) is 2.79. The number of aromatic amines is 2. The lowest BCUT2D eigenvalue weighted by Gasteiger charge is -2.42. The van der Waals surface area contributed by atoms with Gasteiger partial charge in [-0.05, 0) is 77.2 Å². The van der Waals surface area contributed by atoms with Crippen LogP contribution in [0, 0.1) is 11.7 Å². The number of imidazole rings is 1. The molecule has 3 aromatic rings. The maximum Gasteiger partial charge on any atom is 0.210 e. The third-order valence-electron chi connectivity index (χ3n) is 7.24. The summed E-state index contributed by atoms with van der Waals surface area (Å²) >= 11 is 5.13. The number of ether oxygens (including phenoxy) is 2. The van der Waals surface area contributed by atoms with Gasteiger partial charge in [-0.15, -0.1) is 0 Å². The summed E-state index contributed by atoms with van der Waals surface area (Å²) in [5.41, 5.74) is 8.08. The van der Waals surface area contributed by atoms with Crippen molar-refractivity contribution in [2.45, 2.75) is 64.7 Å². The van der Waals surface area contributed by atoms with Gasteiger partial charge in [0, 0.05) is 23.6 Å². The number of nitrogens with one attached hydrogen (secondary N) is 2. The lowest BCUT2D eigenvalue weighted by atomic mass is 9.62. The van der Waals surface area contributed by atoms with E-state index in [-0.39, 0.29) is 16.7 Å². The predicted molar refractivity (Wildman–Crippen MR) is 135 cm³/mol. The number of hydrogen-bond acceptors (Lipinski definition) is 4. The smallest absolute Gasteiger partial charge is 0.210 e. The normalized spacial score (nSPS) is 16.3. The average molecular weight is 467 g/mol. The Kier molecular flexibility index (Phi) is 5.85. The number of aromatic nitrogens is 2. The maximum atomic E-state index is 10.2. The second-order valence-electron chi connectivity index (χ2n) is 10.4. The number of aromatic hydroxyl groups is 1. The molecule has 0 amide bonds. The molecular weight excluding hydrogens is 432 g/mol. The van der Waals surface area contributed by atoms with Gasteiger partial charge < -0.3 is 24.5 Å². The molecule has 33 heavy (non-hydrogen) atoms. The van der Waals surface area contributed by atoms with E-state index in [0.717, 1.165) is 28.9 Å². The van der Waals surface area contributed by atoms with Crippen LogP contribution in [0.3, 0.4) is 0 Å². The minimum absolute atomic E-state index is 0.0494. The van der Waals surface area contributed by atoms with Crippen LogP contribution in [0.15, 0.2) is 24.3 Å². The molecule has 0 bridgehead atoms. The Morgan fingerprint density at radius 2 is 1.48 bits per heavy atom. The lowest BCUT2D eigenvalue weighted by Crippen LogP contribution is -2.34. The molecule has 1 aliphatic rings. The van der Waals surface area contributed by atoms with E-state index in [0.29, 0.717) is 22.6 Å². The Hall–Kier alpha value is -2.73. The molecule has 0 unspecified atom stereocenters. The zero-order chi connectivity index (χ0) is 24.1. The summed E-state index contributed by atoms with van der Waals surface area (Å²) in [7, 11) is 3.33. The SMILES string of the molecule is COc1cc(OC)c(-c2cc3c(cc2C)C(C)(C)CCC3(C)C)cc1Cc1[nH]c(=S)[nH]c1O. The van der Waals surface area contributed by atoms with Crippen molar-refractivity contribution in [1.82, 2.24) is 9.97 Å². The molecule has 1 aromatic heterocycles. The van der Waals surface area contributed by atoms with Crippen molar-refractivity contribution in [3.63, 3.8) is 0 Å². The fraction of sp³-hybridized carbons (Fsp3) is 0.444. The molecule has 176 valence electrons. The molecule has 4 rings (SSSR count). The Bertz CT molecular complexity index is 1270. The van der Waals surface area contributed by atoms with Crippen LogP contribution in [0.25, 0.3) is 11.1 Å². The van der Waals surface area contributed by atoms with E-state index in [4.69, 9.17) is 21.7 Å². The van der Waals surface area contributed by atoms with Gasteiger partial charge in [-0.3, -0.25) is 0 Å². The zero-order valence-corrected chi connectivity index (χ0v) is 21.4. The molecule has 6 heteroatoms. The highest BCUT2D eigenvalue weighted by Gasteiger charge is 2.37. The van der Waals surface area contributed by atoms with Crippen LogP contribution < -0.4 is 9.47 Å². The van der Waals surface area contributed by atoms with Crippen LogP contribution in [0.1, 0.15) is 68.5 Å². The maximum absolute atomic E-state index is 10.2. The Morgan fingerprint density at radius 3 is 2.03 bits per heavy atom. The molecule has 0 aliphatic heterocycles. The molecule has 0 fully saturated rings. The quantitative estimate of drug-likeness (QED) is 0.366. The number of methoxy groups -OCH3 is 2. The molecule has 5 nitrogen and oxygen atoms in total. The molecule has 2 aromatic carbocycles. The monoisotopic (exact) mass is 466 g/mol. The topological polar surface area (TPSA) is 70.3 Å². The number of fused-ring (bicyclic) bond motifs is 1. The molecule has 0 spiro atoms. The van der Waals surface area contributed by atoms with Gasteiger partial charge in [-0.2, -0.15) is 0 Å². The van der Waals surface area contributed by atoms with Crippen molar-refractivity contribution in [3.8, 4) is 28.5 Å². The largest absolute Gasteiger partial charge is 0.496 e. The van der Waals surface area contributed by atoms with Crippen molar-refractivity contribution >= 4 is 12.2 Å². The third kappa shape index (κ3) is 4.17. The first-order valence-corrected chi connectivity index (χ1v) is 11.8. The molecular formula is C27H34N2O3S. The van der Waals surface area contributed by atoms with Gasteiger partial charge in [-0.1, -0.05) is 33.8 Å². The van der Waals surface area contributed by atoms with Crippen molar-refractivity contribution in [2.75, 3.05) is 14.2 Å². The van der Waals surface area contributed by atoms with Crippen molar-refractivity contribution < 1.29 is 14.6 Å². The molecule has 1 aliphatic carbocycles. The molecule has 0 radical (unpaired) electrons. The summed E-state index contributed by atoms with van der Waals surface area (Å²) in [4.78, 5) is 5.77. The Labute approximate surface area is 201 Å². The Balaban J connectivity index is 1.91. The molecule has 0 saturated carbocycles. The van der Waals surface area contributed by atoms with Crippen LogP contribution in [-0.2, 0) is 17.3 Å². The van der Waals surface area contributed by atoms with E-state index in [9.17, 15) is 5.11 Å². The van der Waals surface area contributed by atoms with E-state index in [1.807, 2.05) is 6.07 Å². The number of rotatable bonds is 5. The van der Waals surface area contributed by atoms with E-state index in [2.05, 4.69) is 62.8 Å². The van der Waals surface area contributed by atoms with E-state index in [1.165, 1.54) is 23.1 Å². The van der Waals surface area contributed by atoms with Gasteiger partial charge in [-0.25, -0.2) is 0 Å². The van der Waals surface area contributed by atoms with Crippen LogP contribution in [-0.4, -0.2) is 29.3 Å². The fourth-order valence-electron chi connectivity index (χ4n) is 5.05. The van der Waals surface area contributed by atoms with Gasteiger partial charge in [0.05, 0.1) is 19.9 Å². The van der Waals surface area contributed by atoms with Gasteiger partial charge in [0.2, 0.25) is 5.88 Å². The van der Waals surface area contributed by atoms with Crippen LogP contribution in [0.4, 0.5) is 0 Å². The number of hydrogen-bond donors (Lipinski definition) is 3. The van der Waals surface area contributed by atoms with Crippen molar-refractivity contribution in [1.29, 1.82) is 0 Å². The third-order valence-corrected chi connectivity index (χ3v) is 7.44. The van der Waals surface area contributed by atoms with Gasteiger partial charge in [0.25, 0.3) is 0 Å². The molecule has 3 N–H and O–H groups in total. The molecule has 1 heterocycles. The molecule has 0 saturated heterocycles. The van der Waals surface area contributed by atoms with Crippen molar-refractivity contribution in [3.05, 3.63) is 57.0 Å². The highest BCUT2D eigenvalue weighted by atomic mass is 32.1. The highest BCUT2D eigenvalue weighted by molar-refractivity contribution is 7.71. The van der Waals surface area contributed by atoms with Crippen LogP contribution in [0.5, 0.6) is 17.4 Å². The predicted octanol–water partition coefficient (Wildman–Crippen LogP) is 6.71.